The number of rotatable bonds is 5. The second kappa shape index (κ2) is 7.04. The van der Waals surface area contributed by atoms with Crippen molar-refractivity contribution in [1.82, 2.24) is 15.6 Å². The summed E-state index contributed by atoms with van der Waals surface area (Å²) in [7, 11) is 0. The van der Waals surface area contributed by atoms with Crippen molar-refractivity contribution in [3.63, 3.8) is 0 Å². The van der Waals surface area contributed by atoms with Crippen LogP contribution < -0.4 is 11.0 Å². The number of nitrogens with zero attached hydrogens (tertiary/aromatic N) is 1. The van der Waals surface area contributed by atoms with E-state index in [0.29, 0.717) is 5.69 Å². The van der Waals surface area contributed by atoms with Crippen LogP contribution in [0.2, 0.25) is 0 Å². The van der Waals surface area contributed by atoms with E-state index in [1.54, 1.807) is 6.21 Å². The number of allylic oxidation sites excluding steroid dienone is 1. The lowest BCUT2D eigenvalue weighted by Gasteiger charge is -1.98. The molecule has 0 bridgehead atoms. The number of H-pyrrole nitrogens is 2. The normalized spacial score (nSPS) is 11.8. The number of aromatic amines is 2. The van der Waals surface area contributed by atoms with Crippen molar-refractivity contribution in [2.24, 2.45) is 5.10 Å². The van der Waals surface area contributed by atoms with Crippen LogP contribution in [-0.4, -0.2) is 22.3 Å². The molecule has 0 aliphatic rings. The Morgan fingerprint density at radius 2 is 2.05 bits per heavy atom. The maximum absolute atomic E-state index is 11.6. The first kappa shape index (κ1) is 14.5. The number of carbonyl (C=O) groups excluding carboxylic acids is 1. The molecule has 1 heterocycles. The summed E-state index contributed by atoms with van der Waals surface area (Å²) >= 11 is 0. The fraction of sp³-hybridized carbons (Fsp3) is 0.133. The zero-order valence-corrected chi connectivity index (χ0v) is 11.6. The molecule has 6 nitrogen and oxygen atoms in total. The van der Waals surface area contributed by atoms with Crippen molar-refractivity contribution in [1.29, 1.82) is 0 Å². The minimum absolute atomic E-state index is 0.0670. The van der Waals surface area contributed by atoms with E-state index < -0.39 is 0 Å². The quantitative estimate of drug-likeness (QED) is 0.573. The maximum Gasteiger partial charge on any atom is 0.264 e. The third kappa shape index (κ3) is 4.94. The average molecular weight is 284 g/mol. The van der Waals surface area contributed by atoms with Gasteiger partial charge in [-0.3, -0.25) is 14.7 Å². The minimum atomic E-state index is -0.297. The van der Waals surface area contributed by atoms with E-state index in [4.69, 9.17) is 0 Å². The van der Waals surface area contributed by atoms with E-state index in [2.05, 4.69) is 20.7 Å². The Morgan fingerprint density at radius 1 is 1.29 bits per heavy atom. The summed E-state index contributed by atoms with van der Waals surface area (Å²) in [5, 5.41) is 8.85. The second-order valence-corrected chi connectivity index (χ2v) is 4.55. The van der Waals surface area contributed by atoms with Gasteiger partial charge in [0.15, 0.2) is 0 Å². The van der Waals surface area contributed by atoms with Crippen LogP contribution >= 0.6 is 0 Å². The number of nitrogens with one attached hydrogen (secondary N) is 3. The number of amides is 1. The molecule has 0 atom stereocenters. The Kier molecular flexibility index (Phi) is 4.87. The Bertz CT molecular complexity index is 711. The molecule has 0 unspecified atom stereocenters. The molecule has 0 radical (unpaired) electrons. The van der Waals surface area contributed by atoms with Crippen molar-refractivity contribution in [3.05, 3.63) is 63.6 Å². The third-order valence-corrected chi connectivity index (χ3v) is 2.65. The highest BCUT2D eigenvalue weighted by Gasteiger charge is 2.03. The van der Waals surface area contributed by atoms with Crippen LogP contribution in [0.15, 0.2) is 51.9 Å². The molecule has 0 saturated heterocycles. The van der Waals surface area contributed by atoms with Gasteiger partial charge in [0.2, 0.25) is 5.91 Å². The molecule has 0 aliphatic heterocycles. The highest BCUT2D eigenvalue weighted by molar-refractivity contribution is 5.86. The van der Waals surface area contributed by atoms with Crippen molar-refractivity contribution >= 4 is 18.2 Å². The van der Waals surface area contributed by atoms with Gasteiger partial charge in [-0.05, 0) is 18.1 Å². The van der Waals surface area contributed by atoms with Gasteiger partial charge >= 0.3 is 0 Å². The number of hydrazone groups is 1. The Labute approximate surface area is 121 Å². The lowest BCUT2D eigenvalue weighted by molar-refractivity contribution is -0.120. The SMILES string of the molecule is CC(/C=N\NC(=O)Cc1cc(=O)[nH][nH]1)=C/c1ccccc1. The molecule has 1 amide bonds. The van der Waals surface area contributed by atoms with Crippen LogP contribution in [0.25, 0.3) is 6.08 Å². The van der Waals surface area contributed by atoms with Crippen LogP contribution in [0.3, 0.4) is 0 Å². The number of hydrogen-bond acceptors (Lipinski definition) is 3. The molecule has 1 aromatic carbocycles. The first-order valence-electron chi connectivity index (χ1n) is 6.45. The predicted molar refractivity (Wildman–Crippen MR) is 81.8 cm³/mol. The molecule has 1 aromatic heterocycles. The minimum Gasteiger partial charge on any atom is -0.302 e. The predicted octanol–water partition coefficient (Wildman–Crippen LogP) is 1.45. The summed E-state index contributed by atoms with van der Waals surface area (Å²) in [6.45, 7) is 1.90. The number of carbonyl (C=O) groups is 1. The number of aromatic nitrogens is 2. The monoisotopic (exact) mass is 284 g/mol. The van der Waals surface area contributed by atoms with E-state index in [0.717, 1.165) is 11.1 Å². The summed E-state index contributed by atoms with van der Waals surface area (Å²) in [5.41, 5.74) is 4.65. The summed E-state index contributed by atoms with van der Waals surface area (Å²) in [4.78, 5) is 22.5. The van der Waals surface area contributed by atoms with Crippen LogP contribution in [0, 0.1) is 0 Å². The van der Waals surface area contributed by atoms with E-state index >= 15 is 0 Å². The average Bonchev–Trinajstić information content (AvgIpc) is 2.85. The molecule has 0 saturated carbocycles. The molecular formula is C15H16N4O2. The zero-order chi connectivity index (χ0) is 15.1. The van der Waals surface area contributed by atoms with Crippen LogP contribution in [-0.2, 0) is 11.2 Å². The van der Waals surface area contributed by atoms with Crippen LogP contribution in [0.5, 0.6) is 0 Å². The van der Waals surface area contributed by atoms with Crippen LogP contribution in [0.1, 0.15) is 18.2 Å². The van der Waals surface area contributed by atoms with Gasteiger partial charge in [0, 0.05) is 11.8 Å². The van der Waals surface area contributed by atoms with E-state index in [9.17, 15) is 9.59 Å². The van der Waals surface area contributed by atoms with Crippen molar-refractivity contribution in [2.75, 3.05) is 0 Å². The molecule has 21 heavy (non-hydrogen) atoms. The Balaban J connectivity index is 1.85. The van der Waals surface area contributed by atoms with Crippen molar-refractivity contribution in [3.8, 4) is 0 Å². The molecule has 2 aromatic rings. The molecule has 108 valence electrons. The molecule has 0 spiro atoms. The first-order chi connectivity index (χ1) is 10.1. The first-order valence-corrected chi connectivity index (χ1v) is 6.45. The van der Waals surface area contributed by atoms with Gasteiger partial charge in [0.1, 0.15) is 0 Å². The van der Waals surface area contributed by atoms with Crippen LogP contribution in [0.4, 0.5) is 0 Å². The molecule has 3 N–H and O–H groups in total. The maximum atomic E-state index is 11.6. The molecule has 6 heteroatoms. The largest absolute Gasteiger partial charge is 0.302 e. The van der Waals surface area contributed by atoms with Gasteiger partial charge in [0.25, 0.3) is 5.56 Å². The number of hydrogen-bond donors (Lipinski definition) is 3. The highest BCUT2D eigenvalue weighted by atomic mass is 16.2. The number of benzene rings is 1. The highest BCUT2D eigenvalue weighted by Crippen LogP contribution is 2.04. The Hall–Kier alpha value is -2.89. The van der Waals surface area contributed by atoms with Gasteiger partial charge in [-0.15, -0.1) is 0 Å². The Morgan fingerprint density at radius 3 is 2.71 bits per heavy atom. The standard InChI is InChI=1S/C15H16N4O2/c1-11(7-12-5-3-2-4-6-12)10-16-18-14(20)8-13-9-15(21)19-17-13/h2-7,9-10H,8H2,1H3,(H,18,20)(H2,17,19,21)/b11-7-,16-10-. The summed E-state index contributed by atoms with van der Waals surface area (Å²) in [5.74, 6) is -0.297. The van der Waals surface area contributed by atoms with Gasteiger partial charge in [-0.25, -0.2) is 5.43 Å². The fourth-order valence-electron chi connectivity index (χ4n) is 1.74. The zero-order valence-electron chi connectivity index (χ0n) is 11.6. The van der Waals surface area contributed by atoms with E-state index in [1.807, 2.05) is 43.3 Å². The summed E-state index contributed by atoms with van der Waals surface area (Å²) < 4.78 is 0. The van der Waals surface area contributed by atoms with Gasteiger partial charge in [0.05, 0.1) is 12.6 Å². The van der Waals surface area contributed by atoms with Crippen molar-refractivity contribution < 1.29 is 4.79 Å². The topological polar surface area (TPSA) is 90.1 Å². The molecule has 0 aliphatic carbocycles. The lowest BCUT2D eigenvalue weighted by Crippen LogP contribution is -2.20. The fourth-order valence-corrected chi connectivity index (χ4v) is 1.74. The van der Waals surface area contributed by atoms with E-state index in [1.165, 1.54) is 6.07 Å². The third-order valence-electron chi connectivity index (χ3n) is 2.65. The van der Waals surface area contributed by atoms with E-state index in [-0.39, 0.29) is 17.9 Å². The molecule has 2 rings (SSSR count). The summed E-state index contributed by atoms with van der Waals surface area (Å²) in [6.07, 6.45) is 3.60. The van der Waals surface area contributed by atoms with Gasteiger partial charge < -0.3 is 5.10 Å². The summed E-state index contributed by atoms with van der Waals surface area (Å²) in [6, 6.07) is 11.2. The molecule has 0 fully saturated rings. The second-order valence-electron chi connectivity index (χ2n) is 4.55. The lowest BCUT2D eigenvalue weighted by atomic mass is 10.1. The van der Waals surface area contributed by atoms with Crippen molar-refractivity contribution in [2.45, 2.75) is 13.3 Å². The van der Waals surface area contributed by atoms with Gasteiger partial charge in [-0.2, -0.15) is 5.10 Å². The van der Waals surface area contributed by atoms with Gasteiger partial charge in [-0.1, -0.05) is 36.4 Å². The smallest absolute Gasteiger partial charge is 0.264 e. The molecular weight excluding hydrogens is 268 g/mol.